The number of rotatable bonds is 4. The molecule has 1 aromatic heterocycles. The molecule has 0 N–H and O–H groups in total. The van der Waals surface area contributed by atoms with E-state index in [9.17, 15) is 4.39 Å². The Morgan fingerprint density at radius 3 is 2.78 bits per heavy atom. The van der Waals surface area contributed by atoms with E-state index in [1.54, 1.807) is 17.8 Å². The maximum absolute atomic E-state index is 13.4. The third-order valence-corrected chi connectivity index (χ3v) is 3.89. The van der Waals surface area contributed by atoms with E-state index in [0.29, 0.717) is 0 Å². The topological polar surface area (TPSA) is 17.8 Å². The van der Waals surface area contributed by atoms with E-state index in [4.69, 9.17) is 11.6 Å². The number of benzene rings is 1. The van der Waals surface area contributed by atoms with Crippen LogP contribution in [0.1, 0.15) is 31.1 Å². The van der Waals surface area contributed by atoms with Gasteiger partial charge in [-0.1, -0.05) is 0 Å². The largest absolute Gasteiger partial charge is 0.323 e. The third-order valence-electron chi connectivity index (χ3n) is 2.88. The first-order valence-corrected chi connectivity index (χ1v) is 7.68. The summed E-state index contributed by atoms with van der Waals surface area (Å²) in [4.78, 5) is 4.51. The average Bonchev–Trinajstić information content (AvgIpc) is 2.67. The third kappa shape index (κ3) is 2.50. The van der Waals surface area contributed by atoms with Crippen LogP contribution in [0, 0.1) is 5.82 Å². The lowest BCUT2D eigenvalue weighted by molar-refractivity contribution is 0.589. The quantitative estimate of drug-likeness (QED) is 0.775. The van der Waals surface area contributed by atoms with E-state index in [0.717, 1.165) is 22.6 Å². The van der Waals surface area contributed by atoms with Crippen molar-refractivity contribution in [3.63, 3.8) is 0 Å². The van der Waals surface area contributed by atoms with Crippen LogP contribution in [-0.2, 0) is 0 Å². The van der Waals surface area contributed by atoms with Gasteiger partial charge >= 0.3 is 0 Å². The molecular weight excluding hydrogens is 271 g/mol. The van der Waals surface area contributed by atoms with Crippen LogP contribution in [0.15, 0.2) is 18.2 Å². The SMILES string of the molecule is CSCC(C)n1c(C(C)Cl)nc2ccc(F)cc21. The van der Waals surface area contributed by atoms with Crippen LogP contribution >= 0.6 is 23.4 Å². The number of hydrogen-bond donors (Lipinski definition) is 0. The fourth-order valence-corrected chi connectivity index (χ4v) is 2.93. The number of aromatic nitrogens is 2. The van der Waals surface area contributed by atoms with Gasteiger partial charge in [0, 0.05) is 11.8 Å². The summed E-state index contributed by atoms with van der Waals surface area (Å²) < 4.78 is 15.4. The molecule has 1 heterocycles. The molecule has 0 fully saturated rings. The van der Waals surface area contributed by atoms with Crippen LogP contribution in [0.4, 0.5) is 4.39 Å². The Morgan fingerprint density at radius 1 is 1.44 bits per heavy atom. The van der Waals surface area contributed by atoms with Crippen molar-refractivity contribution in [3.05, 3.63) is 29.8 Å². The van der Waals surface area contributed by atoms with Gasteiger partial charge in [-0.05, 0) is 38.3 Å². The number of hydrogen-bond acceptors (Lipinski definition) is 2. The molecule has 2 atom stereocenters. The molecule has 0 spiro atoms. The smallest absolute Gasteiger partial charge is 0.127 e. The standard InChI is InChI=1S/C13H16ClFN2S/c1-8(7-18-3)17-12-6-10(15)4-5-11(12)16-13(17)9(2)14/h4-6,8-9H,7H2,1-3H3. The second-order valence-corrected chi connectivity index (χ2v) is 5.96. The van der Waals surface area contributed by atoms with E-state index >= 15 is 0 Å². The van der Waals surface area contributed by atoms with Gasteiger partial charge in [-0.3, -0.25) is 0 Å². The number of imidazole rings is 1. The summed E-state index contributed by atoms with van der Waals surface area (Å²) in [5.41, 5.74) is 1.62. The van der Waals surface area contributed by atoms with Gasteiger partial charge in [0.2, 0.25) is 0 Å². The van der Waals surface area contributed by atoms with Crippen molar-refractivity contribution in [2.45, 2.75) is 25.3 Å². The molecule has 5 heteroatoms. The summed E-state index contributed by atoms with van der Waals surface area (Å²) in [7, 11) is 0. The van der Waals surface area contributed by atoms with E-state index in [1.165, 1.54) is 12.1 Å². The highest BCUT2D eigenvalue weighted by atomic mass is 35.5. The summed E-state index contributed by atoms with van der Waals surface area (Å²) in [5.74, 6) is 1.51. The monoisotopic (exact) mass is 286 g/mol. The summed E-state index contributed by atoms with van der Waals surface area (Å²) in [6.07, 6.45) is 2.06. The molecular formula is C13H16ClFN2S. The fraction of sp³-hybridized carbons (Fsp3) is 0.462. The van der Waals surface area contributed by atoms with Gasteiger partial charge in [-0.2, -0.15) is 11.8 Å². The molecule has 0 aliphatic carbocycles. The van der Waals surface area contributed by atoms with Gasteiger partial charge in [-0.15, -0.1) is 11.6 Å². The molecule has 0 bridgehead atoms. The second kappa shape index (κ2) is 5.49. The zero-order valence-electron chi connectivity index (χ0n) is 10.7. The molecule has 98 valence electrons. The Morgan fingerprint density at radius 2 is 2.17 bits per heavy atom. The molecule has 0 saturated carbocycles. The first-order valence-electron chi connectivity index (χ1n) is 5.85. The molecule has 1 aromatic carbocycles. The van der Waals surface area contributed by atoms with Crippen LogP contribution in [0.25, 0.3) is 11.0 Å². The zero-order chi connectivity index (χ0) is 13.3. The van der Waals surface area contributed by atoms with Crippen LogP contribution in [0.5, 0.6) is 0 Å². The lowest BCUT2D eigenvalue weighted by atomic mass is 10.3. The molecule has 2 rings (SSSR count). The van der Waals surface area contributed by atoms with E-state index in [-0.39, 0.29) is 17.2 Å². The maximum Gasteiger partial charge on any atom is 0.127 e. The fourth-order valence-electron chi connectivity index (χ4n) is 2.14. The summed E-state index contributed by atoms with van der Waals surface area (Å²) in [5, 5.41) is -0.190. The maximum atomic E-state index is 13.4. The Kier molecular flexibility index (Phi) is 4.17. The highest BCUT2D eigenvalue weighted by Crippen LogP contribution is 2.29. The lowest BCUT2D eigenvalue weighted by Gasteiger charge is -2.17. The van der Waals surface area contributed by atoms with E-state index < -0.39 is 0 Å². The number of nitrogens with zero attached hydrogens (tertiary/aromatic N) is 2. The van der Waals surface area contributed by atoms with Crippen molar-refractivity contribution in [1.82, 2.24) is 9.55 Å². The van der Waals surface area contributed by atoms with Gasteiger partial charge in [0.25, 0.3) is 0 Å². The molecule has 2 aromatic rings. The highest BCUT2D eigenvalue weighted by Gasteiger charge is 2.19. The van der Waals surface area contributed by atoms with Crippen molar-refractivity contribution in [3.8, 4) is 0 Å². The van der Waals surface area contributed by atoms with Crippen molar-refractivity contribution >= 4 is 34.4 Å². The van der Waals surface area contributed by atoms with Gasteiger partial charge in [0.1, 0.15) is 11.6 Å². The molecule has 0 aliphatic heterocycles. The van der Waals surface area contributed by atoms with Gasteiger partial charge in [0.05, 0.1) is 16.4 Å². The van der Waals surface area contributed by atoms with Crippen molar-refractivity contribution < 1.29 is 4.39 Å². The Labute approximate surface area is 116 Å². The van der Waals surface area contributed by atoms with E-state index in [2.05, 4.69) is 18.2 Å². The predicted molar refractivity (Wildman–Crippen MR) is 77.1 cm³/mol. The van der Waals surface area contributed by atoms with Gasteiger partial charge < -0.3 is 4.57 Å². The predicted octanol–water partition coefficient (Wildman–Crippen LogP) is 4.40. The summed E-state index contributed by atoms with van der Waals surface area (Å²) in [6, 6.07) is 4.90. The molecule has 0 amide bonds. The first kappa shape index (κ1) is 13.7. The number of alkyl halides is 1. The van der Waals surface area contributed by atoms with Crippen molar-refractivity contribution in [2.24, 2.45) is 0 Å². The van der Waals surface area contributed by atoms with Crippen LogP contribution in [-0.4, -0.2) is 21.6 Å². The van der Waals surface area contributed by atoms with Crippen molar-refractivity contribution in [2.75, 3.05) is 12.0 Å². The van der Waals surface area contributed by atoms with Gasteiger partial charge in [0.15, 0.2) is 0 Å². The first-order chi connectivity index (χ1) is 8.54. The minimum absolute atomic E-state index is 0.190. The molecule has 0 saturated heterocycles. The zero-order valence-corrected chi connectivity index (χ0v) is 12.2. The minimum atomic E-state index is -0.242. The number of fused-ring (bicyclic) bond motifs is 1. The van der Waals surface area contributed by atoms with Crippen molar-refractivity contribution in [1.29, 1.82) is 0 Å². The summed E-state index contributed by atoms with van der Waals surface area (Å²) in [6.45, 7) is 3.99. The average molecular weight is 287 g/mol. The number of thioether (sulfide) groups is 1. The molecule has 18 heavy (non-hydrogen) atoms. The Balaban J connectivity index is 2.64. The van der Waals surface area contributed by atoms with E-state index in [1.807, 2.05) is 11.5 Å². The van der Waals surface area contributed by atoms with Crippen LogP contribution in [0.2, 0.25) is 0 Å². The second-order valence-electron chi connectivity index (χ2n) is 4.39. The normalized spacial score (nSPS) is 14.9. The highest BCUT2D eigenvalue weighted by molar-refractivity contribution is 7.98. The Bertz CT molecular complexity index is 553. The molecule has 0 radical (unpaired) electrons. The lowest BCUT2D eigenvalue weighted by Crippen LogP contribution is -2.12. The molecule has 2 nitrogen and oxygen atoms in total. The minimum Gasteiger partial charge on any atom is -0.323 e. The van der Waals surface area contributed by atoms with Crippen LogP contribution in [0.3, 0.4) is 0 Å². The number of halogens is 2. The molecule has 2 unspecified atom stereocenters. The van der Waals surface area contributed by atoms with Gasteiger partial charge in [-0.25, -0.2) is 9.37 Å². The summed E-state index contributed by atoms with van der Waals surface area (Å²) >= 11 is 7.94. The Hall–Kier alpha value is -0.740. The molecule has 0 aliphatic rings. The van der Waals surface area contributed by atoms with Crippen LogP contribution < -0.4 is 0 Å².